The Morgan fingerprint density at radius 1 is 1.08 bits per heavy atom. The summed E-state index contributed by atoms with van der Waals surface area (Å²) in [6.07, 6.45) is 0.142. The quantitative estimate of drug-likeness (QED) is 0.811. The molecule has 2 aromatic carbocycles. The average Bonchev–Trinajstić information content (AvgIpc) is 2.66. The lowest BCUT2D eigenvalue weighted by atomic mass is 9.99. The fourth-order valence-corrected chi connectivity index (χ4v) is 2.28. The normalized spacial score (nSPS) is 10.0. The number of carbonyl (C=O) groups excluding carboxylic acids is 2. The minimum atomic E-state index is -0.723. The van der Waals surface area contributed by atoms with Crippen LogP contribution in [0.4, 0.5) is 10.5 Å². The van der Waals surface area contributed by atoms with Gasteiger partial charge in [-0.2, -0.15) is 0 Å². The topological polar surface area (TPSA) is 73.9 Å². The SMILES string of the molecule is CCc1ccc(NC(=O)OCC(=O)OC)c(-c2cccc(OC)c2)c1. The number of esters is 1. The van der Waals surface area contributed by atoms with E-state index in [-0.39, 0.29) is 0 Å². The summed E-state index contributed by atoms with van der Waals surface area (Å²) in [4.78, 5) is 23.0. The van der Waals surface area contributed by atoms with Crippen molar-refractivity contribution in [3.05, 3.63) is 48.0 Å². The summed E-state index contributed by atoms with van der Waals surface area (Å²) < 4.78 is 14.6. The molecule has 0 bridgehead atoms. The molecule has 0 aliphatic carbocycles. The number of ether oxygens (including phenoxy) is 3. The van der Waals surface area contributed by atoms with Gasteiger partial charge in [-0.05, 0) is 41.8 Å². The van der Waals surface area contributed by atoms with Crippen LogP contribution in [0.15, 0.2) is 42.5 Å². The molecule has 1 N–H and O–H groups in total. The minimum Gasteiger partial charge on any atom is -0.497 e. The van der Waals surface area contributed by atoms with Crippen molar-refractivity contribution in [2.75, 3.05) is 26.1 Å². The summed E-state index contributed by atoms with van der Waals surface area (Å²) in [5, 5.41) is 2.67. The molecule has 6 heteroatoms. The first-order chi connectivity index (χ1) is 12.1. The van der Waals surface area contributed by atoms with E-state index >= 15 is 0 Å². The maximum absolute atomic E-state index is 11.9. The molecule has 2 aromatic rings. The molecule has 0 saturated carbocycles. The number of methoxy groups -OCH3 is 2. The van der Waals surface area contributed by atoms with Gasteiger partial charge in [0.2, 0.25) is 0 Å². The molecule has 0 atom stereocenters. The summed E-state index contributed by atoms with van der Waals surface area (Å²) in [7, 11) is 2.83. The number of carbonyl (C=O) groups is 2. The van der Waals surface area contributed by atoms with E-state index in [2.05, 4.69) is 17.0 Å². The summed E-state index contributed by atoms with van der Waals surface area (Å²) >= 11 is 0. The van der Waals surface area contributed by atoms with Crippen molar-refractivity contribution in [1.29, 1.82) is 0 Å². The molecule has 0 aliphatic heterocycles. The van der Waals surface area contributed by atoms with Crippen LogP contribution < -0.4 is 10.1 Å². The van der Waals surface area contributed by atoms with Crippen LogP contribution in [0.1, 0.15) is 12.5 Å². The van der Waals surface area contributed by atoms with Gasteiger partial charge in [0.05, 0.1) is 19.9 Å². The molecule has 1 amide bonds. The Morgan fingerprint density at radius 3 is 2.56 bits per heavy atom. The zero-order valence-electron chi connectivity index (χ0n) is 14.5. The Bertz CT molecular complexity index is 757. The fourth-order valence-electron chi connectivity index (χ4n) is 2.28. The number of aryl methyl sites for hydroxylation is 1. The second-order valence-corrected chi connectivity index (χ2v) is 5.24. The third-order valence-electron chi connectivity index (χ3n) is 3.66. The molecule has 0 heterocycles. The fraction of sp³-hybridized carbons (Fsp3) is 0.263. The lowest BCUT2D eigenvalue weighted by Crippen LogP contribution is -2.19. The smallest absolute Gasteiger partial charge is 0.412 e. The first-order valence-corrected chi connectivity index (χ1v) is 7.85. The van der Waals surface area contributed by atoms with Crippen molar-refractivity contribution >= 4 is 17.7 Å². The van der Waals surface area contributed by atoms with Gasteiger partial charge in [-0.1, -0.05) is 25.1 Å². The minimum absolute atomic E-state index is 0.441. The van der Waals surface area contributed by atoms with Crippen LogP contribution in [-0.4, -0.2) is 32.9 Å². The van der Waals surface area contributed by atoms with Crippen molar-refractivity contribution in [1.82, 2.24) is 0 Å². The van der Waals surface area contributed by atoms with E-state index in [9.17, 15) is 9.59 Å². The highest BCUT2D eigenvalue weighted by atomic mass is 16.6. The van der Waals surface area contributed by atoms with Crippen LogP contribution in [-0.2, 0) is 20.7 Å². The molecule has 6 nitrogen and oxygen atoms in total. The Kier molecular flexibility index (Phi) is 6.39. The monoisotopic (exact) mass is 343 g/mol. The second-order valence-electron chi connectivity index (χ2n) is 5.24. The zero-order valence-corrected chi connectivity index (χ0v) is 14.5. The van der Waals surface area contributed by atoms with Gasteiger partial charge in [0, 0.05) is 5.56 Å². The molecule has 25 heavy (non-hydrogen) atoms. The van der Waals surface area contributed by atoms with Gasteiger partial charge in [-0.25, -0.2) is 9.59 Å². The maximum Gasteiger partial charge on any atom is 0.412 e. The van der Waals surface area contributed by atoms with Crippen LogP contribution in [0.5, 0.6) is 5.75 Å². The van der Waals surface area contributed by atoms with Gasteiger partial charge >= 0.3 is 12.1 Å². The summed E-state index contributed by atoms with van der Waals surface area (Å²) in [6, 6.07) is 13.3. The highest BCUT2D eigenvalue weighted by molar-refractivity contribution is 5.92. The lowest BCUT2D eigenvalue weighted by molar-refractivity contribution is -0.143. The van der Waals surface area contributed by atoms with Gasteiger partial charge in [-0.3, -0.25) is 5.32 Å². The number of hydrogen-bond donors (Lipinski definition) is 1. The van der Waals surface area contributed by atoms with E-state index in [4.69, 9.17) is 9.47 Å². The van der Waals surface area contributed by atoms with Gasteiger partial charge in [-0.15, -0.1) is 0 Å². The van der Waals surface area contributed by atoms with Crippen LogP contribution in [0.25, 0.3) is 11.1 Å². The maximum atomic E-state index is 11.9. The number of rotatable bonds is 6. The number of hydrogen-bond acceptors (Lipinski definition) is 5. The predicted octanol–water partition coefficient (Wildman–Crippen LogP) is 3.65. The average molecular weight is 343 g/mol. The van der Waals surface area contributed by atoms with E-state index in [1.807, 2.05) is 42.5 Å². The Morgan fingerprint density at radius 2 is 1.88 bits per heavy atom. The van der Waals surface area contributed by atoms with Gasteiger partial charge in [0.15, 0.2) is 6.61 Å². The first kappa shape index (κ1) is 18.3. The molecule has 2 rings (SSSR count). The number of amides is 1. The third-order valence-corrected chi connectivity index (χ3v) is 3.66. The standard InChI is InChI=1S/C19H21NO5/c1-4-13-8-9-17(20-19(22)25-12-18(21)24-3)16(10-13)14-6-5-7-15(11-14)23-2/h5-11H,4,12H2,1-3H3,(H,20,22). The second kappa shape index (κ2) is 8.73. The van der Waals surface area contributed by atoms with Crippen molar-refractivity contribution in [3.8, 4) is 16.9 Å². The van der Waals surface area contributed by atoms with E-state index in [0.717, 1.165) is 28.9 Å². The van der Waals surface area contributed by atoms with E-state index in [0.29, 0.717) is 5.69 Å². The third kappa shape index (κ3) is 4.97. The van der Waals surface area contributed by atoms with Crippen molar-refractivity contribution in [2.24, 2.45) is 0 Å². The van der Waals surface area contributed by atoms with Crippen LogP contribution in [0.2, 0.25) is 0 Å². The molecule has 0 spiro atoms. The Labute approximate surface area is 146 Å². The van der Waals surface area contributed by atoms with Gasteiger partial charge in [0.1, 0.15) is 5.75 Å². The van der Waals surface area contributed by atoms with Crippen LogP contribution >= 0.6 is 0 Å². The highest BCUT2D eigenvalue weighted by Crippen LogP contribution is 2.31. The molecule has 0 aliphatic rings. The van der Waals surface area contributed by atoms with Gasteiger partial charge in [0.25, 0.3) is 0 Å². The van der Waals surface area contributed by atoms with E-state index in [1.54, 1.807) is 7.11 Å². The Hall–Kier alpha value is -3.02. The van der Waals surface area contributed by atoms with E-state index in [1.165, 1.54) is 7.11 Å². The summed E-state index contributed by atoms with van der Waals surface area (Å²) in [5.41, 5.74) is 3.46. The number of nitrogens with one attached hydrogen (secondary N) is 1. The van der Waals surface area contributed by atoms with Crippen LogP contribution in [0, 0.1) is 0 Å². The molecule has 0 fully saturated rings. The first-order valence-electron chi connectivity index (χ1n) is 7.85. The van der Waals surface area contributed by atoms with Crippen molar-refractivity contribution < 1.29 is 23.8 Å². The van der Waals surface area contributed by atoms with Crippen molar-refractivity contribution in [2.45, 2.75) is 13.3 Å². The molecular weight excluding hydrogens is 322 g/mol. The molecule has 0 saturated heterocycles. The molecule has 0 unspecified atom stereocenters. The lowest BCUT2D eigenvalue weighted by Gasteiger charge is -2.14. The van der Waals surface area contributed by atoms with E-state index < -0.39 is 18.7 Å². The number of benzene rings is 2. The molecular formula is C19H21NO5. The molecule has 0 radical (unpaired) electrons. The largest absolute Gasteiger partial charge is 0.497 e. The highest BCUT2D eigenvalue weighted by Gasteiger charge is 2.12. The van der Waals surface area contributed by atoms with Crippen LogP contribution in [0.3, 0.4) is 0 Å². The molecule has 0 aromatic heterocycles. The predicted molar refractivity (Wildman–Crippen MR) is 94.8 cm³/mol. The summed E-state index contributed by atoms with van der Waals surface area (Å²) in [6.45, 7) is 1.62. The molecule has 132 valence electrons. The van der Waals surface area contributed by atoms with Gasteiger partial charge < -0.3 is 14.2 Å². The zero-order chi connectivity index (χ0) is 18.2. The number of anilines is 1. The van der Waals surface area contributed by atoms with Crippen molar-refractivity contribution in [3.63, 3.8) is 0 Å². The summed E-state index contributed by atoms with van der Waals surface area (Å²) in [5.74, 6) is 0.100. The Balaban J connectivity index is 2.28.